The first-order chi connectivity index (χ1) is 8.14. The molecule has 98 valence electrons. The van der Waals surface area contributed by atoms with E-state index in [0.717, 1.165) is 11.2 Å². The SMILES string of the molecule is Cc1c(C(C)(C)C)c2nccnc2n1C(C)(C)C. The quantitative estimate of drug-likeness (QED) is 0.707. The van der Waals surface area contributed by atoms with Crippen molar-refractivity contribution in [2.24, 2.45) is 0 Å². The van der Waals surface area contributed by atoms with E-state index >= 15 is 0 Å². The van der Waals surface area contributed by atoms with E-state index in [1.165, 1.54) is 11.3 Å². The predicted molar refractivity (Wildman–Crippen MR) is 76.0 cm³/mol. The van der Waals surface area contributed by atoms with Gasteiger partial charge in [0.25, 0.3) is 0 Å². The van der Waals surface area contributed by atoms with E-state index in [1.807, 2.05) is 0 Å². The maximum atomic E-state index is 4.56. The molecule has 3 heteroatoms. The molecular formula is C15H23N3. The molecule has 18 heavy (non-hydrogen) atoms. The fraction of sp³-hybridized carbons (Fsp3) is 0.600. The summed E-state index contributed by atoms with van der Waals surface area (Å²) in [5.41, 5.74) is 4.71. The van der Waals surface area contributed by atoms with Crippen molar-refractivity contribution in [3.05, 3.63) is 23.7 Å². The summed E-state index contributed by atoms with van der Waals surface area (Å²) in [6.07, 6.45) is 3.56. The summed E-state index contributed by atoms with van der Waals surface area (Å²) in [6.45, 7) is 15.5. The van der Waals surface area contributed by atoms with Crippen LogP contribution in [0.15, 0.2) is 12.4 Å². The van der Waals surface area contributed by atoms with Crippen LogP contribution >= 0.6 is 0 Å². The molecule has 2 rings (SSSR count). The summed E-state index contributed by atoms with van der Waals surface area (Å²) in [6, 6.07) is 0. The largest absolute Gasteiger partial charge is 0.323 e. The Morgan fingerprint density at radius 3 is 2.00 bits per heavy atom. The third kappa shape index (κ3) is 1.92. The van der Waals surface area contributed by atoms with Crippen molar-refractivity contribution in [2.75, 3.05) is 0 Å². The molecule has 0 fully saturated rings. The second-order valence-electron chi connectivity index (χ2n) is 6.95. The minimum atomic E-state index is 0.0157. The Kier molecular flexibility index (Phi) is 2.76. The van der Waals surface area contributed by atoms with Crippen LogP contribution < -0.4 is 0 Å². The lowest BCUT2D eigenvalue weighted by Gasteiger charge is -2.25. The predicted octanol–water partition coefficient (Wildman–Crippen LogP) is 3.79. The highest BCUT2D eigenvalue weighted by atomic mass is 15.1. The molecule has 0 saturated heterocycles. The number of fused-ring (bicyclic) bond motifs is 1. The van der Waals surface area contributed by atoms with Crippen molar-refractivity contribution >= 4 is 11.2 Å². The molecule has 2 heterocycles. The second-order valence-corrected chi connectivity index (χ2v) is 6.95. The Labute approximate surface area is 109 Å². The average Bonchev–Trinajstić information content (AvgIpc) is 2.47. The molecule has 0 atom stereocenters. The van der Waals surface area contributed by atoms with Crippen LogP contribution in [0.25, 0.3) is 11.2 Å². The Hall–Kier alpha value is -1.38. The molecule has 0 N–H and O–H groups in total. The van der Waals surface area contributed by atoms with E-state index in [-0.39, 0.29) is 11.0 Å². The van der Waals surface area contributed by atoms with Crippen molar-refractivity contribution < 1.29 is 0 Å². The molecule has 0 spiro atoms. The van der Waals surface area contributed by atoms with Gasteiger partial charge in [-0.3, -0.25) is 4.98 Å². The van der Waals surface area contributed by atoms with Gasteiger partial charge >= 0.3 is 0 Å². The Bertz CT molecular complexity index is 529. The number of nitrogens with zero attached hydrogens (tertiary/aromatic N) is 3. The van der Waals surface area contributed by atoms with Crippen molar-refractivity contribution in [1.29, 1.82) is 0 Å². The molecule has 0 radical (unpaired) electrons. The molecule has 0 unspecified atom stereocenters. The summed E-state index contributed by atoms with van der Waals surface area (Å²) < 4.78 is 2.30. The van der Waals surface area contributed by atoms with Gasteiger partial charge in [0.2, 0.25) is 0 Å². The van der Waals surface area contributed by atoms with E-state index in [1.54, 1.807) is 12.4 Å². The zero-order valence-electron chi connectivity index (χ0n) is 12.5. The molecule has 0 amide bonds. The first-order valence-corrected chi connectivity index (χ1v) is 6.47. The van der Waals surface area contributed by atoms with Crippen molar-refractivity contribution in [3.63, 3.8) is 0 Å². The van der Waals surface area contributed by atoms with Gasteiger partial charge in [0.1, 0.15) is 5.52 Å². The fourth-order valence-electron chi connectivity index (χ4n) is 2.83. The van der Waals surface area contributed by atoms with Gasteiger partial charge in [-0.1, -0.05) is 20.8 Å². The van der Waals surface area contributed by atoms with Gasteiger partial charge in [-0.05, 0) is 33.1 Å². The highest BCUT2D eigenvalue weighted by Crippen LogP contribution is 2.36. The van der Waals surface area contributed by atoms with Gasteiger partial charge in [-0.2, -0.15) is 0 Å². The summed E-state index contributed by atoms with van der Waals surface area (Å²) in [5, 5.41) is 0. The topological polar surface area (TPSA) is 30.7 Å². The minimum Gasteiger partial charge on any atom is -0.323 e. The van der Waals surface area contributed by atoms with Crippen molar-refractivity contribution in [1.82, 2.24) is 14.5 Å². The van der Waals surface area contributed by atoms with Gasteiger partial charge in [0.15, 0.2) is 5.65 Å². The Balaban J connectivity index is 2.94. The summed E-state index contributed by atoms with van der Waals surface area (Å²) in [4.78, 5) is 9.10. The monoisotopic (exact) mass is 245 g/mol. The molecule has 0 aliphatic carbocycles. The van der Waals surface area contributed by atoms with Crippen LogP contribution in [0.3, 0.4) is 0 Å². The third-order valence-electron chi connectivity index (χ3n) is 3.25. The summed E-state index contributed by atoms with van der Waals surface area (Å²) in [7, 11) is 0. The van der Waals surface area contributed by atoms with Crippen molar-refractivity contribution in [2.45, 2.75) is 59.4 Å². The molecule has 0 aromatic carbocycles. The van der Waals surface area contributed by atoms with Crippen LogP contribution in [0.1, 0.15) is 52.8 Å². The van der Waals surface area contributed by atoms with E-state index in [0.29, 0.717) is 0 Å². The molecule has 2 aromatic heterocycles. The lowest BCUT2D eigenvalue weighted by molar-refractivity contribution is 0.397. The van der Waals surface area contributed by atoms with Gasteiger partial charge in [0.05, 0.1) is 0 Å². The summed E-state index contributed by atoms with van der Waals surface area (Å²) >= 11 is 0. The lowest BCUT2D eigenvalue weighted by atomic mass is 9.86. The first-order valence-electron chi connectivity index (χ1n) is 6.47. The molecule has 0 aliphatic rings. The van der Waals surface area contributed by atoms with Crippen LogP contribution in [0.4, 0.5) is 0 Å². The lowest BCUT2D eigenvalue weighted by Crippen LogP contribution is -2.24. The minimum absolute atomic E-state index is 0.0157. The van der Waals surface area contributed by atoms with E-state index in [9.17, 15) is 0 Å². The standard InChI is InChI=1S/C15H23N3/c1-10-11(14(2,3)4)12-13(17-9-8-16-12)18(10)15(5,6)7/h8-9H,1-7H3. The summed E-state index contributed by atoms with van der Waals surface area (Å²) in [5.74, 6) is 0. The van der Waals surface area contributed by atoms with Gasteiger partial charge in [-0.25, -0.2) is 4.98 Å². The highest BCUT2D eigenvalue weighted by molar-refractivity contribution is 5.79. The average molecular weight is 245 g/mol. The van der Waals surface area contributed by atoms with Crippen LogP contribution in [0, 0.1) is 6.92 Å². The first kappa shape index (κ1) is 13.1. The number of rotatable bonds is 0. The van der Waals surface area contributed by atoms with E-state index < -0.39 is 0 Å². The fourth-order valence-corrected chi connectivity index (χ4v) is 2.83. The van der Waals surface area contributed by atoms with Gasteiger partial charge in [-0.15, -0.1) is 0 Å². The Morgan fingerprint density at radius 2 is 1.50 bits per heavy atom. The molecule has 0 aliphatic heterocycles. The smallest absolute Gasteiger partial charge is 0.159 e. The normalized spacial score (nSPS) is 13.3. The Morgan fingerprint density at radius 1 is 0.944 bits per heavy atom. The van der Waals surface area contributed by atoms with Crippen LogP contribution in [0.2, 0.25) is 0 Å². The van der Waals surface area contributed by atoms with Crippen LogP contribution in [-0.2, 0) is 11.0 Å². The van der Waals surface area contributed by atoms with Gasteiger partial charge < -0.3 is 4.57 Å². The third-order valence-corrected chi connectivity index (χ3v) is 3.25. The zero-order chi connectivity index (χ0) is 13.7. The molecule has 0 bridgehead atoms. The number of aromatic nitrogens is 3. The highest BCUT2D eigenvalue weighted by Gasteiger charge is 2.29. The van der Waals surface area contributed by atoms with Gasteiger partial charge in [0, 0.05) is 29.2 Å². The number of hydrogen-bond donors (Lipinski definition) is 0. The number of hydrogen-bond acceptors (Lipinski definition) is 2. The molecule has 0 saturated carbocycles. The van der Waals surface area contributed by atoms with Crippen molar-refractivity contribution in [3.8, 4) is 0 Å². The molecular weight excluding hydrogens is 222 g/mol. The van der Waals surface area contributed by atoms with E-state index in [2.05, 4.69) is 63.0 Å². The molecule has 3 nitrogen and oxygen atoms in total. The second kappa shape index (κ2) is 3.81. The maximum Gasteiger partial charge on any atom is 0.159 e. The maximum absolute atomic E-state index is 4.56. The molecule has 2 aromatic rings. The van der Waals surface area contributed by atoms with E-state index in [4.69, 9.17) is 0 Å². The van der Waals surface area contributed by atoms with Crippen LogP contribution in [0.5, 0.6) is 0 Å². The van der Waals surface area contributed by atoms with Crippen LogP contribution in [-0.4, -0.2) is 14.5 Å². The zero-order valence-corrected chi connectivity index (χ0v) is 12.5.